The number of Topliss-reactive ketones (excluding diaryl/α,β-unsaturated/α-hetero) is 1. The minimum Gasteiger partial charge on any atom is -0.292 e. The minimum absolute atomic E-state index is 0.266. The summed E-state index contributed by atoms with van der Waals surface area (Å²) in [5.74, 6) is 4.37. The Morgan fingerprint density at radius 1 is 0.938 bits per heavy atom. The molecule has 4 aliphatic rings. The quantitative estimate of drug-likeness (QED) is 0.361. The van der Waals surface area contributed by atoms with Crippen LogP contribution in [-0.4, -0.2) is 11.5 Å². The van der Waals surface area contributed by atoms with Crippen LogP contribution in [0, 0.1) is 23.2 Å². The maximum absolute atomic E-state index is 12.2. The number of hydrogen-bond donors (Lipinski definition) is 0. The molecule has 0 atom stereocenters. The molecule has 4 aliphatic carbocycles. The van der Waals surface area contributed by atoms with Crippen molar-refractivity contribution < 1.29 is 9.36 Å². The zero-order valence-corrected chi connectivity index (χ0v) is 20.8. The molecule has 1 aromatic carbocycles. The molecule has 1 heterocycles. The Bertz CT molecular complexity index is 919. The molecule has 32 heavy (non-hydrogen) atoms. The van der Waals surface area contributed by atoms with Crippen molar-refractivity contribution >= 4 is 17.5 Å². The number of nitrogens with zero attached hydrogens (tertiary/aromatic N) is 1. The van der Waals surface area contributed by atoms with E-state index in [0.29, 0.717) is 12.0 Å². The van der Waals surface area contributed by atoms with Gasteiger partial charge in [-0.2, -0.15) is 4.57 Å². The fourth-order valence-electron chi connectivity index (χ4n) is 6.82. The first kappa shape index (κ1) is 22.2. The van der Waals surface area contributed by atoms with Gasteiger partial charge < -0.3 is 0 Å². The average molecular weight is 449 g/mol. The van der Waals surface area contributed by atoms with E-state index in [4.69, 9.17) is 0 Å². The highest BCUT2D eigenvalue weighted by Gasteiger charge is 2.51. The van der Waals surface area contributed by atoms with E-state index in [1.165, 1.54) is 49.0 Å². The number of rotatable bonds is 7. The molecule has 0 unspecified atom stereocenters. The van der Waals surface area contributed by atoms with Gasteiger partial charge in [0.25, 0.3) is 0 Å². The van der Waals surface area contributed by atoms with E-state index in [2.05, 4.69) is 36.4 Å². The lowest BCUT2D eigenvalue weighted by molar-refractivity contribution is -0.684. The first-order valence-electron chi connectivity index (χ1n) is 12.5. The monoisotopic (exact) mass is 448 g/mol. The molecular formula is C29H38NOS+. The van der Waals surface area contributed by atoms with Crippen molar-refractivity contribution in [2.45, 2.75) is 82.6 Å². The maximum Gasteiger partial charge on any atom is 0.206 e. The molecule has 6 rings (SSSR count). The van der Waals surface area contributed by atoms with Gasteiger partial charge in [0.1, 0.15) is 0 Å². The van der Waals surface area contributed by atoms with Crippen molar-refractivity contribution in [3.8, 4) is 0 Å². The summed E-state index contributed by atoms with van der Waals surface area (Å²) in [5.41, 5.74) is 3.18. The molecule has 0 N–H and O–H groups in total. The molecule has 0 radical (unpaired) electrons. The van der Waals surface area contributed by atoms with E-state index < -0.39 is 0 Å². The van der Waals surface area contributed by atoms with Crippen molar-refractivity contribution in [2.24, 2.45) is 23.2 Å². The molecule has 170 valence electrons. The standard InChI is InChI=1S/C29H38NOS/c1-28(2,3)27(31)20-30-11-8-21(9-12-30)10-13-32-26-6-4-25(5-7-26)29-17-22-14-23(18-29)16-24(15-22)19-29/h4-9,11-12,22-24H,10,13-20H2,1-3H3/q+1. The van der Waals surface area contributed by atoms with E-state index in [-0.39, 0.29) is 11.2 Å². The van der Waals surface area contributed by atoms with E-state index in [1.54, 1.807) is 5.56 Å². The number of carbonyl (C=O) groups is 1. The van der Waals surface area contributed by atoms with Crippen LogP contribution in [0.2, 0.25) is 0 Å². The fourth-order valence-corrected chi connectivity index (χ4v) is 7.72. The number of hydrogen-bond acceptors (Lipinski definition) is 2. The molecule has 4 bridgehead atoms. The molecule has 3 heteroatoms. The molecule has 0 amide bonds. The Labute approximate surface area is 198 Å². The normalized spacial score (nSPS) is 28.8. The van der Waals surface area contributed by atoms with Gasteiger partial charge in [0, 0.05) is 28.2 Å². The molecule has 2 aromatic rings. The largest absolute Gasteiger partial charge is 0.292 e. The van der Waals surface area contributed by atoms with Crippen LogP contribution in [0.3, 0.4) is 0 Å². The number of carbonyl (C=O) groups excluding carboxylic acids is 1. The summed E-state index contributed by atoms with van der Waals surface area (Å²) >= 11 is 1.96. The Kier molecular flexibility index (Phi) is 5.99. The van der Waals surface area contributed by atoms with Crippen LogP contribution in [0.25, 0.3) is 0 Å². The van der Waals surface area contributed by atoms with Gasteiger partial charge in [-0.25, -0.2) is 0 Å². The van der Waals surface area contributed by atoms with Crippen molar-refractivity contribution in [1.82, 2.24) is 0 Å². The number of pyridine rings is 1. The van der Waals surface area contributed by atoms with Gasteiger partial charge in [-0.1, -0.05) is 32.9 Å². The number of ketones is 1. The van der Waals surface area contributed by atoms with Crippen molar-refractivity contribution in [1.29, 1.82) is 0 Å². The highest BCUT2D eigenvalue weighted by molar-refractivity contribution is 7.99. The van der Waals surface area contributed by atoms with Crippen molar-refractivity contribution in [3.05, 3.63) is 59.9 Å². The second-order valence-electron chi connectivity index (χ2n) is 11.9. The summed E-state index contributed by atoms with van der Waals surface area (Å²) in [4.78, 5) is 13.6. The molecule has 0 spiro atoms. The predicted octanol–water partition coefficient (Wildman–Crippen LogP) is 6.39. The highest BCUT2D eigenvalue weighted by Crippen LogP contribution is 2.60. The lowest BCUT2D eigenvalue weighted by Gasteiger charge is -2.57. The summed E-state index contributed by atoms with van der Waals surface area (Å²) < 4.78 is 1.99. The van der Waals surface area contributed by atoms with Crippen LogP contribution in [0.4, 0.5) is 0 Å². The topological polar surface area (TPSA) is 20.9 Å². The van der Waals surface area contributed by atoms with Gasteiger partial charge >= 0.3 is 0 Å². The summed E-state index contributed by atoms with van der Waals surface area (Å²) in [5, 5.41) is 0. The summed E-state index contributed by atoms with van der Waals surface area (Å²) in [6, 6.07) is 14.0. The summed E-state index contributed by atoms with van der Waals surface area (Å²) in [7, 11) is 0. The fraction of sp³-hybridized carbons (Fsp3) is 0.586. The SMILES string of the molecule is CC(C)(C)C(=O)C[n+]1ccc(CCSc2ccc(C34CC5CC(CC(C5)C3)C4)cc2)cc1. The third kappa shape index (κ3) is 4.69. The molecule has 0 aliphatic heterocycles. The highest BCUT2D eigenvalue weighted by atomic mass is 32.2. The smallest absolute Gasteiger partial charge is 0.206 e. The second kappa shape index (κ2) is 8.63. The average Bonchev–Trinajstić information content (AvgIpc) is 2.74. The van der Waals surface area contributed by atoms with Gasteiger partial charge in [0.05, 0.1) is 0 Å². The zero-order chi connectivity index (χ0) is 22.3. The zero-order valence-electron chi connectivity index (χ0n) is 20.0. The van der Waals surface area contributed by atoms with Crippen molar-refractivity contribution in [3.63, 3.8) is 0 Å². The van der Waals surface area contributed by atoms with Crippen LogP contribution >= 0.6 is 11.8 Å². The third-order valence-corrected chi connectivity index (χ3v) is 9.30. The predicted molar refractivity (Wildman–Crippen MR) is 132 cm³/mol. The molecule has 4 saturated carbocycles. The number of aromatic nitrogens is 1. The lowest BCUT2D eigenvalue weighted by atomic mass is 9.48. The maximum atomic E-state index is 12.2. The van der Waals surface area contributed by atoms with Crippen LogP contribution in [0.1, 0.15) is 70.4 Å². The third-order valence-electron chi connectivity index (χ3n) is 8.29. The van der Waals surface area contributed by atoms with Crippen molar-refractivity contribution in [2.75, 3.05) is 5.75 Å². The Hall–Kier alpha value is -1.61. The molecular weight excluding hydrogens is 410 g/mol. The number of thioether (sulfide) groups is 1. The van der Waals surface area contributed by atoms with Crippen LogP contribution in [0.5, 0.6) is 0 Å². The molecule has 0 saturated heterocycles. The van der Waals surface area contributed by atoms with Gasteiger partial charge in [0.15, 0.2) is 12.4 Å². The number of benzene rings is 1. The van der Waals surface area contributed by atoms with Crippen LogP contribution in [0.15, 0.2) is 53.7 Å². The number of aryl methyl sites for hydroxylation is 1. The first-order chi connectivity index (χ1) is 15.3. The van der Waals surface area contributed by atoms with E-state index >= 15 is 0 Å². The molecule has 1 aromatic heterocycles. The van der Waals surface area contributed by atoms with Crippen LogP contribution < -0.4 is 4.57 Å². The van der Waals surface area contributed by atoms with Gasteiger partial charge in [0.2, 0.25) is 12.3 Å². The van der Waals surface area contributed by atoms with E-state index in [0.717, 1.165) is 29.9 Å². The summed E-state index contributed by atoms with van der Waals surface area (Å²) in [6.07, 6.45) is 14.0. The summed E-state index contributed by atoms with van der Waals surface area (Å²) in [6.45, 7) is 6.40. The van der Waals surface area contributed by atoms with Gasteiger partial charge in [-0.15, -0.1) is 11.8 Å². The Balaban J connectivity index is 1.13. The minimum atomic E-state index is -0.284. The van der Waals surface area contributed by atoms with E-state index in [9.17, 15) is 4.79 Å². The second-order valence-corrected chi connectivity index (χ2v) is 13.0. The molecule has 4 fully saturated rings. The molecule has 2 nitrogen and oxygen atoms in total. The lowest BCUT2D eigenvalue weighted by Crippen LogP contribution is -2.48. The van der Waals surface area contributed by atoms with E-state index in [1.807, 2.05) is 49.5 Å². The Morgan fingerprint density at radius 3 is 2.03 bits per heavy atom. The first-order valence-corrected chi connectivity index (χ1v) is 13.5. The van der Waals surface area contributed by atoms with Gasteiger partial charge in [-0.3, -0.25) is 4.79 Å². The van der Waals surface area contributed by atoms with Gasteiger partial charge in [-0.05, 0) is 91.4 Å². The Morgan fingerprint density at radius 2 is 1.50 bits per heavy atom. The van der Waals surface area contributed by atoms with Crippen LogP contribution in [-0.2, 0) is 23.2 Å².